The summed E-state index contributed by atoms with van der Waals surface area (Å²) in [6, 6.07) is 7.90. The zero-order chi connectivity index (χ0) is 12.0. The summed E-state index contributed by atoms with van der Waals surface area (Å²) in [5, 5.41) is 8.78. The van der Waals surface area contributed by atoms with Gasteiger partial charge in [-0.3, -0.25) is 4.79 Å². The molecule has 3 nitrogen and oxygen atoms in total. The molecule has 3 rings (SSSR count). The molecule has 17 heavy (non-hydrogen) atoms. The van der Waals surface area contributed by atoms with E-state index in [2.05, 4.69) is 4.98 Å². The van der Waals surface area contributed by atoms with Crippen LogP contribution < -0.4 is 5.56 Å². The van der Waals surface area contributed by atoms with Crippen molar-refractivity contribution >= 4 is 0 Å². The number of halogens is 1. The molecule has 0 fully saturated rings. The van der Waals surface area contributed by atoms with Gasteiger partial charge in [0, 0.05) is 12.0 Å². The number of fused-ring (bicyclic) bond motifs is 3. The lowest BCUT2D eigenvalue weighted by atomic mass is 10.1. The average Bonchev–Trinajstić information content (AvgIpc) is 2.64. The average molecular weight is 226 g/mol. The number of nitriles is 1. The third kappa shape index (κ3) is 1.36. The first-order valence-electron chi connectivity index (χ1n) is 5.14. The molecule has 0 saturated carbocycles. The molecule has 82 valence electrons. The van der Waals surface area contributed by atoms with E-state index in [1.54, 1.807) is 12.1 Å². The molecule has 0 radical (unpaired) electrons. The fourth-order valence-electron chi connectivity index (χ4n) is 2.19. The van der Waals surface area contributed by atoms with Gasteiger partial charge in [-0.15, -0.1) is 0 Å². The van der Waals surface area contributed by atoms with Crippen LogP contribution >= 0.6 is 0 Å². The third-order valence-corrected chi connectivity index (χ3v) is 2.96. The normalized spacial score (nSPS) is 11.8. The number of pyridine rings is 1. The van der Waals surface area contributed by atoms with Crippen molar-refractivity contribution in [2.75, 3.05) is 0 Å². The van der Waals surface area contributed by atoms with Crippen molar-refractivity contribution in [2.45, 2.75) is 6.42 Å². The van der Waals surface area contributed by atoms with Gasteiger partial charge in [-0.2, -0.15) is 5.26 Å². The lowest BCUT2D eigenvalue weighted by Gasteiger charge is -2.00. The molecule has 0 unspecified atom stereocenters. The molecule has 0 bridgehead atoms. The second-order valence-corrected chi connectivity index (χ2v) is 4.00. The van der Waals surface area contributed by atoms with Gasteiger partial charge in [0.1, 0.15) is 17.4 Å². The van der Waals surface area contributed by atoms with E-state index in [-0.39, 0.29) is 11.4 Å². The predicted octanol–water partition coefficient (Wildman–Crippen LogP) is 1.96. The molecule has 4 heteroatoms. The molecule has 1 aromatic heterocycles. The number of nitrogens with zero attached hydrogens (tertiary/aromatic N) is 1. The highest BCUT2D eigenvalue weighted by Crippen LogP contribution is 2.34. The fourth-order valence-corrected chi connectivity index (χ4v) is 2.19. The van der Waals surface area contributed by atoms with Crippen molar-refractivity contribution < 1.29 is 4.39 Å². The van der Waals surface area contributed by atoms with Gasteiger partial charge in [0.2, 0.25) is 0 Å². The molecule has 1 aliphatic rings. The lowest BCUT2D eigenvalue weighted by Crippen LogP contribution is -2.11. The lowest BCUT2D eigenvalue weighted by molar-refractivity contribution is 0.626. The van der Waals surface area contributed by atoms with E-state index in [0.29, 0.717) is 12.1 Å². The SMILES string of the molecule is N#Cc1cc2c([nH]c1=O)-c1ccc(F)cc1C2. The van der Waals surface area contributed by atoms with Crippen LogP contribution in [-0.2, 0) is 6.42 Å². The Bertz CT molecular complexity index is 725. The van der Waals surface area contributed by atoms with Crippen LogP contribution in [0.3, 0.4) is 0 Å². The Balaban J connectivity index is 2.28. The van der Waals surface area contributed by atoms with Crippen LogP contribution in [0, 0.1) is 17.1 Å². The molecule has 1 heterocycles. The minimum absolute atomic E-state index is 0.0945. The molecule has 0 saturated heterocycles. The van der Waals surface area contributed by atoms with E-state index in [0.717, 1.165) is 16.7 Å². The van der Waals surface area contributed by atoms with Gasteiger partial charge in [0.25, 0.3) is 5.56 Å². The monoisotopic (exact) mass is 226 g/mol. The van der Waals surface area contributed by atoms with E-state index in [4.69, 9.17) is 5.26 Å². The first-order valence-corrected chi connectivity index (χ1v) is 5.14. The predicted molar refractivity (Wildman–Crippen MR) is 60.0 cm³/mol. The Morgan fingerprint density at radius 2 is 2.12 bits per heavy atom. The van der Waals surface area contributed by atoms with Crippen LogP contribution in [0.25, 0.3) is 11.3 Å². The maximum atomic E-state index is 13.1. The fraction of sp³-hybridized carbons (Fsp3) is 0.0769. The molecule has 0 aliphatic heterocycles. The summed E-state index contributed by atoms with van der Waals surface area (Å²) in [5.41, 5.74) is 2.93. The highest BCUT2D eigenvalue weighted by molar-refractivity contribution is 5.73. The molecule has 0 atom stereocenters. The smallest absolute Gasteiger partial charge is 0.266 e. The van der Waals surface area contributed by atoms with Crippen LogP contribution in [0.1, 0.15) is 16.7 Å². The van der Waals surface area contributed by atoms with Gasteiger partial charge in [0.15, 0.2) is 0 Å². The van der Waals surface area contributed by atoms with Crippen molar-refractivity contribution in [1.82, 2.24) is 4.98 Å². The van der Waals surface area contributed by atoms with E-state index in [1.807, 2.05) is 6.07 Å². The van der Waals surface area contributed by atoms with Gasteiger partial charge < -0.3 is 4.98 Å². The minimum Gasteiger partial charge on any atom is -0.321 e. The van der Waals surface area contributed by atoms with Crippen LogP contribution in [0.2, 0.25) is 0 Å². The number of benzene rings is 1. The summed E-state index contributed by atoms with van der Waals surface area (Å²) in [5.74, 6) is -0.292. The Morgan fingerprint density at radius 3 is 2.88 bits per heavy atom. The zero-order valence-electron chi connectivity index (χ0n) is 8.75. The number of rotatable bonds is 0. The third-order valence-electron chi connectivity index (χ3n) is 2.96. The van der Waals surface area contributed by atoms with Crippen molar-refractivity contribution in [2.24, 2.45) is 0 Å². The first kappa shape index (κ1) is 9.79. The van der Waals surface area contributed by atoms with Crippen LogP contribution in [-0.4, -0.2) is 4.98 Å². The van der Waals surface area contributed by atoms with E-state index >= 15 is 0 Å². The number of H-pyrrole nitrogens is 1. The second kappa shape index (κ2) is 3.29. The molecular formula is C13H7FN2O. The van der Waals surface area contributed by atoms with E-state index in [9.17, 15) is 9.18 Å². The Morgan fingerprint density at radius 1 is 1.29 bits per heavy atom. The van der Waals surface area contributed by atoms with Crippen molar-refractivity contribution in [3.63, 3.8) is 0 Å². The molecule has 0 spiro atoms. The van der Waals surface area contributed by atoms with Crippen molar-refractivity contribution in [3.05, 3.63) is 57.1 Å². The zero-order valence-corrected chi connectivity index (χ0v) is 8.75. The minimum atomic E-state index is -0.400. The van der Waals surface area contributed by atoms with Gasteiger partial charge in [-0.25, -0.2) is 4.39 Å². The highest BCUT2D eigenvalue weighted by Gasteiger charge is 2.21. The summed E-state index contributed by atoms with van der Waals surface area (Å²) in [4.78, 5) is 14.2. The van der Waals surface area contributed by atoms with Gasteiger partial charge in [-0.1, -0.05) is 0 Å². The summed E-state index contributed by atoms with van der Waals surface area (Å²) in [7, 11) is 0. The summed E-state index contributed by atoms with van der Waals surface area (Å²) < 4.78 is 13.1. The number of hydrogen-bond donors (Lipinski definition) is 1. The highest BCUT2D eigenvalue weighted by atomic mass is 19.1. The largest absolute Gasteiger partial charge is 0.321 e. The van der Waals surface area contributed by atoms with Gasteiger partial charge in [0.05, 0.1) is 5.69 Å². The first-order chi connectivity index (χ1) is 8.19. The molecule has 1 aliphatic carbocycles. The van der Waals surface area contributed by atoms with Gasteiger partial charge in [-0.05, 0) is 35.4 Å². The van der Waals surface area contributed by atoms with Crippen molar-refractivity contribution in [1.29, 1.82) is 5.26 Å². The standard InChI is InChI=1S/C13H7FN2O/c14-10-1-2-11-7(5-10)3-8-4-9(6-15)13(17)16-12(8)11/h1-2,4-5H,3H2,(H,16,17). The number of nitrogens with one attached hydrogen (secondary N) is 1. The van der Waals surface area contributed by atoms with E-state index < -0.39 is 5.56 Å². The molecule has 1 aromatic carbocycles. The van der Waals surface area contributed by atoms with Crippen LogP contribution in [0.5, 0.6) is 0 Å². The molecule has 1 N–H and O–H groups in total. The van der Waals surface area contributed by atoms with Crippen molar-refractivity contribution in [3.8, 4) is 17.3 Å². The maximum Gasteiger partial charge on any atom is 0.266 e. The van der Waals surface area contributed by atoms with Crippen LogP contribution in [0.15, 0.2) is 29.1 Å². The summed E-state index contributed by atoms with van der Waals surface area (Å²) in [6.45, 7) is 0. The Hall–Kier alpha value is -2.41. The number of hydrogen-bond acceptors (Lipinski definition) is 2. The topological polar surface area (TPSA) is 56.6 Å². The Labute approximate surface area is 96.2 Å². The molecule has 2 aromatic rings. The Kier molecular flexibility index (Phi) is 1.89. The summed E-state index contributed by atoms with van der Waals surface area (Å²) in [6.07, 6.45) is 0.549. The van der Waals surface area contributed by atoms with Crippen LogP contribution in [0.4, 0.5) is 4.39 Å². The maximum absolute atomic E-state index is 13.1. The molecular weight excluding hydrogens is 219 g/mol. The number of aromatic nitrogens is 1. The summed E-state index contributed by atoms with van der Waals surface area (Å²) >= 11 is 0. The van der Waals surface area contributed by atoms with E-state index in [1.165, 1.54) is 12.1 Å². The number of aromatic amines is 1. The quantitative estimate of drug-likeness (QED) is 0.637. The van der Waals surface area contributed by atoms with Gasteiger partial charge >= 0.3 is 0 Å². The molecule has 0 amide bonds. The second-order valence-electron chi connectivity index (χ2n) is 4.00.